The molecule has 0 unspecified atom stereocenters. The van der Waals surface area contributed by atoms with Gasteiger partial charge in [0.25, 0.3) is 0 Å². The first-order chi connectivity index (χ1) is 17.9. The molecule has 2 aliphatic heterocycles. The Balaban J connectivity index is 1.97. The second-order valence-electron chi connectivity index (χ2n) is 11.5. The van der Waals surface area contributed by atoms with E-state index in [0.717, 1.165) is 11.8 Å². The van der Waals surface area contributed by atoms with Gasteiger partial charge in [0.1, 0.15) is 22.4 Å². The Hall–Kier alpha value is -1.94. The average Bonchev–Trinajstić information content (AvgIpc) is 3.38. The smallest absolute Gasteiger partial charge is 0.415 e. The molecule has 0 spiro atoms. The molecule has 1 aromatic heterocycles. The molecule has 3 heterocycles. The summed E-state index contributed by atoms with van der Waals surface area (Å²) in [4.78, 5) is 45.9. The van der Waals surface area contributed by atoms with Crippen LogP contribution in [0.3, 0.4) is 0 Å². The van der Waals surface area contributed by atoms with Gasteiger partial charge in [-0.15, -0.1) is 11.8 Å². The van der Waals surface area contributed by atoms with Crippen LogP contribution < -0.4 is 4.90 Å². The maximum atomic E-state index is 15.5. The molecule has 10 nitrogen and oxygen atoms in total. The Morgan fingerprint density at radius 3 is 2.41 bits per heavy atom. The molecule has 0 radical (unpaired) electrons. The third-order valence-corrected chi connectivity index (χ3v) is 9.46. The highest BCUT2D eigenvalue weighted by Gasteiger charge is 2.60. The molecule has 39 heavy (non-hydrogen) atoms. The molecule has 1 aliphatic carbocycles. The molecule has 3 atom stereocenters. The van der Waals surface area contributed by atoms with E-state index in [1.54, 1.807) is 58.8 Å². The minimum absolute atomic E-state index is 0.0428. The third-order valence-electron chi connectivity index (χ3n) is 6.42. The highest BCUT2D eigenvalue weighted by Crippen LogP contribution is 2.51. The SMILES string of the molecule is CSc1nc2c(F)c(Br)c(I)cc2c(N(C(=O)OC(C)(C)C)[C@H]2[C@@H]3C[C@H]2N(C(=O)OC(C)(C)C)C3)c1[N+](=O)[O-]. The summed E-state index contributed by atoms with van der Waals surface area (Å²) in [6.45, 7) is 10.7. The molecule has 1 aromatic carbocycles. The van der Waals surface area contributed by atoms with Crippen molar-refractivity contribution >= 4 is 84.7 Å². The monoisotopic (exact) mass is 738 g/mol. The number of nitro groups is 1. The van der Waals surface area contributed by atoms with Crippen LogP contribution in [-0.2, 0) is 9.47 Å². The number of anilines is 1. The lowest BCUT2D eigenvalue weighted by atomic mass is 9.78. The summed E-state index contributed by atoms with van der Waals surface area (Å²) in [5.41, 5.74) is -2.28. The molecule has 14 heteroatoms. The topological polar surface area (TPSA) is 115 Å². The molecule has 3 aliphatic rings. The van der Waals surface area contributed by atoms with Crippen LogP contribution >= 0.6 is 50.3 Å². The maximum Gasteiger partial charge on any atom is 0.415 e. The number of fused-ring (bicyclic) bond motifs is 2. The second kappa shape index (κ2) is 10.5. The number of hydrogen-bond acceptors (Lipinski definition) is 8. The van der Waals surface area contributed by atoms with Gasteiger partial charge in [-0.05, 0) is 98.8 Å². The van der Waals surface area contributed by atoms with Gasteiger partial charge in [-0.3, -0.25) is 15.0 Å². The van der Waals surface area contributed by atoms with Gasteiger partial charge in [0.2, 0.25) is 0 Å². The van der Waals surface area contributed by atoms with Crippen LogP contribution in [0.25, 0.3) is 10.9 Å². The lowest BCUT2D eigenvalue weighted by molar-refractivity contribution is -0.387. The molecule has 5 rings (SSSR count). The van der Waals surface area contributed by atoms with Gasteiger partial charge in [0.15, 0.2) is 10.8 Å². The van der Waals surface area contributed by atoms with Crippen molar-refractivity contribution in [3.63, 3.8) is 0 Å². The molecular weight excluding hydrogens is 710 g/mol. The van der Waals surface area contributed by atoms with Crippen molar-refractivity contribution in [1.29, 1.82) is 0 Å². The maximum absolute atomic E-state index is 15.5. The van der Waals surface area contributed by atoms with Gasteiger partial charge >= 0.3 is 17.9 Å². The van der Waals surface area contributed by atoms with E-state index in [2.05, 4.69) is 20.9 Å². The van der Waals surface area contributed by atoms with Crippen molar-refractivity contribution in [2.24, 2.45) is 5.92 Å². The molecule has 1 saturated carbocycles. The van der Waals surface area contributed by atoms with Gasteiger partial charge in [0.05, 0.1) is 21.5 Å². The number of amides is 2. The fraction of sp³-hybridized carbons (Fsp3) is 0.560. The molecule has 0 N–H and O–H groups in total. The van der Waals surface area contributed by atoms with Crippen molar-refractivity contribution in [2.45, 2.75) is 76.3 Å². The Kier molecular flexibility index (Phi) is 8.06. The Morgan fingerprint density at radius 2 is 1.87 bits per heavy atom. The summed E-state index contributed by atoms with van der Waals surface area (Å²) < 4.78 is 27.5. The molecule has 3 fully saturated rings. The normalized spacial score (nSPS) is 20.6. The van der Waals surface area contributed by atoms with Crippen molar-refractivity contribution in [2.75, 3.05) is 17.7 Å². The Labute approximate surface area is 251 Å². The fourth-order valence-corrected chi connectivity index (χ4v) is 6.38. The largest absolute Gasteiger partial charge is 0.444 e. The van der Waals surface area contributed by atoms with Crippen molar-refractivity contribution < 1.29 is 28.4 Å². The van der Waals surface area contributed by atoms with E-state index in [0.29, 0.717) is 16.5 Å². The van der Waals surface area contributed by atoms with Crippen LogP contribution in [0.1, 0.15) is 48.0 Å². The predicted octanol–water partition coefficient (Wildman–Crippen LogP) is 7.12. The first-order valence-electron chi connectivity index (χ1n) is 12.2. The van der Waals surface area contributed by atoms with Gasteiger partial charge in [0, 0.05) is 21.4 Å². The summed E-state index contributed by atoms with van der Waals surface area (Å²) >= 11 is 6.12. The van der Waals surface area contributed by atoms with Crippen LogP contribution in [0, 0.1) is 25.4 Å². The number of hydrogen-bond donors (Lipinski definition) is 0. The zero-order chi connectivity index (χ0) is 29.2. The van der Waals surface area contributed by atoms with Crippen molar-refractivity contribution in [3.8, 4) is 0 Å². The highest BCUT2D eigenvalue weighted by atomic mass is 127. The molecule has 2 bridgehead atoms. The zero-order valence-corrected chi connectivity index (χ0v) is 27.1. The third kappa shape index (κ3) is 5.65. The first kappa shape index (κ1) is 30.0. The number of nitrogens with zero attached hydrogens (tertiary/aromatic N) is 4. The van der Waals surface area contributed by atoms with E-state index in [9.17, 15) is 19.7 Å². The lowest BCUT2D eigenvalue weighted by Crippen LogP contribution is -2.58. The average molecular weight is 739 g/mol. The van der Waals surface area contributed by atoms with Gasteiger partial charge in [-0.2, -0.15) is 0 Å². The number of benzene rings is 1. The zero-order valence-electron chi connectivity index (χ0n) is 22.5. The van der Waals surface area contributed by atoms with Crippen LogP contribution in [0.4, 0.5) is 25.4 Å². The minimum Gasteiger partial charge on any atom is -0.444 e. The van der Waals surface area contributed by atoms with E-state index < -0.39 is 51.9 Å². The fourth-order valence-electron chi connectivity index (χ4n) is 4.99. The summed E-state index contributed by atoms with van der Waals surface area (Å²) in [5, 5.41) is 12.6. The summed E-state index contributed by atoms with van der Waals surface area (Å²) in [5.74, 6) is -0.880. The molecular formula is C25H29BrFIN4O6S. The van der Waals surface area contributed by atoms with Gasteiger partial charge in [-0.25, -0.2) is 19.0 Å². The van der Waals surface area contributed by atoms with Crippen molar-refractivity contribution in [3.05, 3.63) is 30.0 Å². The summed E-state index contributed by atoms with van der Waals surface area (Å²) in [7, 11) is 0. The van der Waals surface area contributed by atoms with Crippen LogP contribution in [-0.4, -0.2) is 63.1 Å². The first-order valence-corrected chi connectivity index (χ1v) is 15.3. The van der Waals surface area contributed by atoms with Crippen LogP contribution in [0.2, 0.25) is 0 Å². The second-order valence-corrected chi connectivity index (χ2v) is 14.2. The minimum atomic E-state index is -0.925. The van der Waals surface area contributed by atoms with Gasteiger partial charge < -0.3 is 14.4 Å². The lowest BCUT2D eigenvalue weighted by Gasteiger charge is -2.44. The number of carbonyl (C=O) groups is 2. The number of aromatic nitrogens is 1. The number of halogens is 3. The summed E-state index contributed by atoms with van der Waals surface area (Å²) in [6.07, 6.45) is 0.839. The van der Waals surface area contributed by atoms with E-state index in [-0.39, 0.29) is 32.0 Å². The molecule has 212 valence electrons. The number of thioether (sulfide) groups is 1. The highest BCUT2D eigenvalue weighted by molar-refractivity contribution is 14.1. The number of carbonyl (C=O) groups excluding carboxylic acids is 2. The van der Waals surface area contributed by atoms with E-state index in [1.165, 1.54) is 4.90 Å². The van der Waals surface area contributed by atoms with E-state index in [1.807, 2.05) is 22.6 Å². The van der Waals surface area contributed by atoms with Crippen LogP contribution in [0.5, 0.6) is 0 Å². The standard InChI is InChI=1S/C25H29BrFIN4O6S/c1-24(2,3)37-22(33)30-10-11-8-14(30)18(11)31(23(34)38-25(4,5)6)19-12-9-13(28)15(26)16(27)17(12)29-21(39-7)20(19)32(35)36/h9,11,14,18H,8,10H2,1-7H3/t11-,14-,18+/m1/s1. The summed E-state index contributed by atoms with van der Waals surface area (Å²) in [6, 6.07) is 0.458. The molecule has 2 amide bonds. The van der Waals surface area contributed by atoms with Crippen molar-refractivity contribution in [1.82, 2.24) is 9.88 Å². The number of ether oxygens (including phenoxy) is 2. The predicted molar refractivity (Wildman–Crippen MR) is 158 cm³/mol. The Morgan fingerprint density at radius 1 is 1.26 bits per heavy atom. The molecule has 2 saturated heterocycles. The Bertz CT molecular complexity index is 1380. The number of pyridine rings is 1. The van der Waals surface area contributed by atoms with E-state index >= 15 is 4.39 Å². The number of rotatable bonds is 4. The molecule has 2 aromatic rings. The van der Waals surface area contributed by atoms with Gasteiger partial charge in [-0.1, -0.05) is 0 Å². The quantitative estimate of drug-likeness (QED) is 0.107. The van der Waals surface area contributed by atoms with E-state index in [4.69, 9.17) is 9.47 Å². The van der Waals surface area contributed by atoms with Crippen LogP contribution in [0.15, 0.2) is 15.6 Å².